The van der Waals surface area contributed by atoms with Gasteiger partial charge in [0.15, 0.2) is 11.3 Å². The SMILES string of the molecule is COc1cc(OC(=O)O)cc2nc(NC(CF)c3cccc(Cl)c3)oc12. The summed E-state index contributed by atoms with van der Waals surface area (Å²) in [7, 11) is 1.39. The average Bonchev–Trinajstić information content (AvgIpc) is 3.00. The summed E-state index contributed by atoms with van der Waals surface area (Å²) in [6.07, 6.45) is -1.47. The van der Waals surface area contributed by atoms with Crippen LogP contribution in [0.3, 0.4) is 0 Å². The molecule has 1 atom stereocenters. The Kier molecular flexibility index (Phi) is 5.13. The summed E-state index contributed by atoms with van der Waals surface area (Å²) < 4.78 is 28.9. The number of carbonyl (C=O) groups is 1. The molecule has 1 aromatic heterocycles. The minimum atomic E-state index is -1.47. The van der Waals surface area contributed by atoms with Crippen LogP contribution in [-0.4, -0.2) is 30.0 Å². The van der Waals surface area contributed by atoms with Crippen molar-refractivity contribution >= 4 is 34.9 Å². The summed E-state index contributed by atoms with van der Waals surface area (Å²) in [5, 5.41) is 12.1. The molecule has 26 heavy (non-hydrogen) atoms. The topological polar surface area (TPSA) is 93.8 Å². The second-order valence-electron chi connectivity index (χ2n) is 5.27. The number of halogens is 2. The fourth-order valence-electron chi connectivity index (χ4n) is 2.43. The van der Waals surface area contributed by atoms with Gasteiger partial charge in [-0.2, -0.15) is 4.98 Å². The molecule has 0 aliphatic carbocycles. The molecule has 3 aromatic rings. The van der Waals surface area contributed by atoms with E-state index >= 15 is 0 Å². The zero-order chi connectivity index (χ0) is 18.7. The van der Waals surface area contributed by atoms with Gasteiger partial charge in [-0.1, -0.05) is 23.7 Å². The summed E-state index contributed by atoms with van der Waals surface area (Å²) in [5.41, 5.74) is 1.20. The van der Waals surface area contributed by atoms with E-state index in [1.807, 2.05) is 0 Å². The first-order chi connectivity index (χ1) is 12.5. The Morgan fingerprint density at radius 2 is 2.23 bits per heavy atom. The van der Waals surface area contributed by atoms with E-state index in [0.29, 0.717) is 16.1 Å². The van der Waals surface area contributed by atoms with Crippen LogP contribution in [0.15, 0.2) is 40.8 Å². The van der Waals surface area contributed by atoms with E-state index < -0.39 is 18.9 Å². The molecule has 0 spiro atoms. The van der Waals surface area contributed by atoms with Gasteiger partial charge in [0.05, 0.1) is 13.2 Å². The highest BCUT2D eigenvalue weighted by Crippen LogP contribution is 2.34. The number of anilines is 1. The fraction of sp³-hybridized carbons (Fsp3) is 0.176. The van der Waals surface area contributed by atoms with Crippen LogP contribution in [0.2, 0.25) is 5.02 Å². The quantitative estimate of drug-likeness (QED) is 0.474. The standard InChI is InChI=1S/C17H14ClFN2O5/c1-24-14-7-11(25-17(22)23)6-12-15(14)26-16(20-12)21-13(8-19)9-3-2-4-10(18)5-9/h2-7,13H,8H2,1H3,(H,20,21)(H,22,23). The molecule has 7 nitrogen and oxygen atoms in total. The van der Waals surface area contributed by atoms with Gasteiger partial charge in [0.1, 0.15) is 17.9 Å². The zero-order valence-corrected chi connectivity index (χ0v) is 14.3. The minimum absolute atomic E-state index is 0.0265. The van der Waals surface area contributed by atoms with E-state index in [9.17, 15) is 9.18 Å². The number of rotatable bonds is 6. The summed E-state index contributed by atoms with van der Waals surface area (Å²) in [6, 6.07) is 8.84. The Balaban J connectivity index is 1.93. The summed E-state index contributed by atoms with van der Waals surface area (Å²) in [6.45, 7) is -0.719. The molecule has 2 N–H and O–H groups in total. The van der Waals surface area contributed by atoms with Gasteiger partial charge in [-0.25, -0.2) is 9.18 Å². The molecule has 136 valence electrons. The highest BCUT2D eigenvalue weighted by atomic mass is 35.5. The lowest BCUT2D eigenvalue weighted by molar-refractivity contribution is 0.144. The zero-order valence-electron chi connectivity index (χ0n) is 13.5. The normalized spacial score (nSPS) is 12.0. The third-order valence-electron chi connectivity index (χ3n) is 3.56. The molecule has 0 aliphatic heterocycles. The summed E-state index contributed by atoms with van der Waals surface area (Å²) in [4.78, 5) is 14.9. The van der Waals surface area contributed by atoms with Crippen LogP contribution in [-0.2, 0) is 0 Å². The van der Waals surface area contributed by atoms with Gasteiger partial charge in [-0.05, 0) is 17.7 Å². The third-order valence-corrected chi connectivity index (χ3v) is 3.79. The Labute approximate surface area is 152 Å². The minimum Gasteiger partial charge on any atom is -0.493 e. The lowest BCUT2D eigenvalue weighted by atomic mass is 10.1. The maximum absolute atomic E-state index is 13.5. The predicted molar refractivity (Wildman–Crippen MR) is 93.0 cm³/mol. The number of aromatic nitrogens is 1. The lowest BCUT2D eigenvalue weighted by Crippen LogP contribution is -2.12. The molecule has 0 fully saturated rings. The van der Waals surface area contributed by atoms with Gasteiger partial charge in [0.25, 0.3) is 6.01 Å². The van der Waals surface area contributed by atoms with Gasteiger partial charge in [0.2, 0.25) is 0 Å². The lowest BCUT2D eigenvalue weighted by Gasteiger charge is -2.14. The van der Waals surface area contributed by atoms with Gasteiger partial charge in [-0.3, -0.25) is 0 Å². The molecule has 1 unspecified atom stereocenters. The van der Waals surface area contributed by atoms with Crippen LogP contribution in [0.4, 0.5) is 15.2 Å². The van der Waals surface area contributed by atoms with Crippen LogP contribution in [0, 0.1) is 0 Å². The molecule has 0 saturated carbocycles. The fourth-order valence-corrected chi connectivity index (χ4v) is 2.63. The van der Waals surface area contributed by atoms with Gasteiger partial charge in [-0.15, -0.1) is 0 Å². The number of alkyl halides is 1. The maximum Gasteiger partial charge on any atom is 0.511 e. The Bertz CT molecular complexity index is 946. The molecule has 1 heterocycles. The first-order valence-corrected chi connectivity index (χ1v) is 7.85. The van der Waals surface area contributed by atoms with Crippen molar-refractivity contribution in [1.82, 2.24) is 4.98 Å². The summed E-state index contributed by atoms with van der Waals surface area (Å²) >= 11 is 5.94. The highest BCUT2D eigenvalue weighted by Gasteiger charge is 2.18. The van der Waals surface area contributed by atoms with Crippen LogP contribution >= 0.6 is 11.6 Å². The number of hydrogen-bond acceptors (Lipinski definition) is 6. The highest BCUT2D eigenvalue weighted by molar-refractivity contribution is 6.30. The first kappa shape index (κ1) is 17.8. The second kappa shape index (κ2) is 7.49. The van der Waals surface area contributed by atoms with Crippen molar-refractivity contribution < 1.29 is 28.2 Å². The maximum atomic E-state index is 13.5. The Hall–Kier alpha value is -3.00. The number of methoxy groups -OCH3 is 1. The second-order valence-corrected chi connectivity index (χ2v) is 5.70. The Morgan fingerprint density at radius 3 is 2.88 bits per heavy atom. The number of benzene rings is 2. The predicted octanol–water partition coefficient (Wildman–Crippen LogP) is 4.67. The molecular formula is C17H14ClFN2O5. The number of hydrogen-bond donors (Lipinski definition) is 2. The number of nitrogens with one attached hydrogen (secondary N) is 1. The number of fused-ring (bicyclic) bond motifs is 1. The molecule has 0 radical (unpaired) electrons. The smallest absolute Gasteiger partial charge is 0.493 e. The van der Waals surface area contributed by atoms with E-state index in [-0.39, 0.29) is 23.1 Å². The van der Waals surface area contributed by atoms with Crippen LogP contribution in [0.1, 0.15) is 11.6 Å². The van der Waals surface area contributed by atoms with Crippen LogP contribution < -0.4 is 14.8 Å². The molecule has 0 saturated heterocycles. The van der Waals surface area contributed by atoms with Crippen molar-refractivity contribution in [1.29, 1.82) is 0 Å². The van der Waals surface area contributed by atoms with Gasteiger partial charge < -0.3 is 24.3 Å². The molecule has 9 heteroatoms. The van der Waals surface area contributed by atoms with Crippen molar-refractivity contribution in [3.05, 3.63) is 47.0 Å². The first-order valence-electron chi connectivity index (χ1n) is 7.47. The van der Waals surface area contributed by atoms with E-state index in [1.165, 1.54) is 19.2 Å². The number of ether oxygens (including phenoxy) is 2. The van der Waals surface area contributed by atoms with E-state index in [0.717, 1.165) is 0 Å². The monoisotopic (exact) mass is 380 g/mol. The Morgan fingerprint density at radius 1 is 1.42 bits per heavy atom. The van der Waals surface area contributed by atoms with Crippen molar-refractivity contribution in [2.45, 2.75) is 6.04 Å². The molecule has 2 aromatic carbocycles. The van der Waals surface area contributed by atoms with Crippen LogP contribution in [0.25, 0.3) is 11.1 Å². The number of nitrogens with zero attached hydrogens (tertiary/aromatic N) is 1. The summed E-state index contributed by atoms with van der Waals surface area (Å²) in [5.74, 6) is 0.262. The average molecular weight is 381 g/mol. The number of oxazole rings is 1. The van der Waals surface area contributed by atoms with Gasteiger partial charge >= 0.3 is 6.16 Å². The molecule has 3 rings (SSSR count). The number of carboxylic acid groups (broad SMARTS) is 1. The van der Waals surface area contributed by atoms with Gasteiger partial charge in [0, 0.05) is 17.2 Å². The van der Waals surface area contributed by atoms with E-state index in [4.69, 9.17) is 25.9 Å². The van der Waals surface area contributed by atoms with Crippen LogP contribution in [0.5, 0.6) is 11.5 Å². The van der Waals surface area contributed by atoms with Crippen molar-refractivity contribution in [2.24, 2.45) is 0 Å². The van der Waals surface area contributed by atoms with E-state index in [1.54, 1.807) is 24.3 Å². The third kappa shape index (κ3) is 3.80. The largest absolute Gasteiger partial charge is 0.511 e. The molecule has 0 aliphatic rings. The molecular weight excluding hydrogens is 367 g/mol. The molecule has 0 amide bonds. The van der Waals surface area contributed by atoms with E-state index in [2.05, 4.69) is 15.0 Å². The molecule has 0 bridgehead atoms. The van der Waals surface area contributed by atoms with Crippen molar-refractivity contribution in [3.8, 4) is 11.5 Å². The van der Waals surface area contributed by atoms with Crippen molar-refractivity contribution in [2.75, 3.05) is 19.1 Å². The van der Waals surface area contributed by atoms with Crippen molar-refractivity contribution in [3.63, 3.8) is 0 Å².